The molecule has 5 nitrogen and oxygen atoms in total. The van der Waals surface area contributed by atoms with Crippen molar-refractivity contribution in [3.05, 3.63) is 54.7 Å². The van der Waals surface area contributed by atoms with Gasteiger partial charge in [-0.1, -0.05) is 0 Å². The van der Waals surface area contributed by atoms with Crippen LogP contribution in [0.15, 0.2) is 34.1 Å². The molecule has 2 rings (SSSR count). The molecule has 1 aromatic heterocycles. The maximum absolute atomic E-state index is 10.8. The van der Waals surface area contributed by atoms with Crippen LogP contribution in [0.5, 0.6) is 5.75 Å². The number of halogens is 1. The first-order chi connectivity index (χ1) is 9.58. The highest BCUT2D eigenvalue weighted by Crippen LogP contribution is 2.23. The molecule has 0 amide bonds. The number of nitro benzene ring substituents is 1. The van der Waals surface area contributed by atoms with Crippen LogP contribution in [0.3, 0.4) is 0 Å². The molecule has 0 saturated heterocycles. The second-order valence-electron chi connectivity index (χ2n) is 4.13. The van der Waals surface area contributed by atoms with Gasteiger partial charge in [0.2, 0.25) is 0 Å². The average molecular weight is 357 g/mol. The number of nitro groups is 1. The van der Waals surface area contributed by atoms with Gasteiger partial charge in [-0.05, 0) is 33.6 Å². The first kappa shape index (κ1) is 15.0. The Morgan fingerprint density at radius 1 is 1.35 bits per heavy atom. The van der Waals surface area contributed by atoms with Crippen molar-refractivity contribution in [1.82, 2.24) is 5.32 Å². The number of hydrogen-bond donors (Lipinski definition) is 1. The van der Waals surface area contributed by atoms with Crippen LogP contribution in [0.2, 0.25) is 0 Å². The third-order valence-electron chi connectivity index (χ3n) is 2.65. The molecule has 20 heavy (non-hydrogen) atoms. The minimum Gasteiger partial charge on any atom is -0.496 e. The lowest BCUT2D eigenvalue weighted by Crippen LogP contribution is -2.12. The van der Waals surface area contributed by atoms with Gasteiger partial charge in [0.25, 0.3) is 5.69 Å². The van der Waals surface area contributed by atoms with E-state index in [9.17, 15) is 10.1 Å². The molecule has 1 heterocycles. The lowest BCUT2D eigenvalue weighted by molar-refractivity contribution is -0.385. The third kappa shape index (κ3) is 4.03. The number of rotatable bonds is 6. The normalized spacial score (nSPS) is 10.5. The molecule has 0 saturated carbocycles. The van der Waals surface area contributed by atoms with Crippen molar-refractivity contribution < 1.29 is 9.66 Å². The van der Waals surface area contributed by atoms with E-state index < -0.39 is 4.92 Å². The highest BCUT2D eigenvalue weighted by molar-refractivity contribution is 9.10. The molecule has 2 aromatic rings. The Morgan fingerprint density at radius 3 is 2.75 bits per heavy atom. The lowest BCUT2D eigenvalue weighted by atomic mass is 10.2. The monoisotopic (exact) mass is 356 g/mol. The zero-order valence-corrected chi connectivity index (χ0v) is 13.2. The van der Waals surface area contributed by atoms with Gasteiger partial charge < -0.3 is 10.1 Å². The summed E-state index contributed by atoms with van der Waals surface area (Å²) in [4.78, 5) is 11.6. The van der Waals surface area contributed by atoms with Crippen LogP contribution in [-0.4, -0.2) is 12.0 Å². The summed E-state index contributed by atoms with van der Waals surface area (Å²) in [7, 11) is 1.50. The van der Waals surface area contributed by atoms with Crippen LogP contribution in [0, 0.1) is 10.1 Å². The molecule has 0 spiro atoms. The van der Waals surface area contributed by atoms with E-state index in [-0.39, 0.29) is 5.69 Å². The maximum Gasteiger partial charge on any atom is 0.273 e. The van der Waals surface area contributed by atoms with Gasteiger partial charge in [0.05, 0.1) is 18.1 Å². The Bertz CT molecular complexity index is 615. The molecule has 0 aliphatic rings. The SMILES string of the molecule is COc1cc(CNCc2cc(Br)cs2)cc([N+](=O)[O-])c1. The first-order valence-electron chi connectivity index (χ1n) is 5.84. The van der Waals surface area contributed by atoms with Crippen LogP contribution >= 0.6 is 27.3 Å². The summed E-state index contributed by atoms with van der Waals surface area (Å²) < 4.78 is 6.14. The van der Waals surface area contributed by atoms with Gasteiger partial charge in [-0.25, -0.2) is 0 Å². The predicted octanol–water partition coefficient (Wildman–Crippen LogP) is 3.72. The molecule has 0 unspecified atom stereocenters. The number of ether oxygens (including phenoxy) is 1. The van der Waals surface area contributed by atoms with Crippen LogP contribution in [-0.2, 0) is 13.1 Å². The van der Waals surface area contributed by atoms with Gasteiger partial charge in [0.15, 0.2) is 0 Å². The van der Waals surface area contributed by atoms with E-state index in [4.69, 9.17) is 4.74 Å². The summed E-state index contributed by atoms with van der Waals surface area (Å²) in [5.74, 6) is 0.495. The summed E-state index contributed by atoms with van der Waals surface area (Å²) in [6.07, 6.45) is 0. The van der Waals surface area contributed by atoms with Crippen molar-refractivity contribution in [2.24, 2.45) is 0 Å². The average Bonchev–Trinajstić information content (AvgIpc) is 2.84. The molecule has 106 valence electrons. The van der Waals surface area contributed by atoms with E-state index in [0.29, 0.717) is 12.3 Å². The molecule has 0 radical (unpaired) electrons. The van der Waals surface area contributed by atoms with Crippen LogP contribution in [0.25, 0.3) is 0 Å². The lowest BCUT2D eigenvalue weighted by Gasteiger charge is -2.06. The van der Waals surface area contributed by atoms with Crippen LogP contribution in [0.1, 0.15) is 10.4 Å². The Hall–Kier alpha value is -1.44. The van der Waals surface area contributed by atoms with Crippen molar-refractivity contribution in [3.8, 4) is 5.75 Å². The van der Waals surface area contributed by atoms with Crippen molar-refractivity contribution in [1.29, 1.82) is 0 Å². The molecule has 1 aromatic carbocycles. The zero-order chi connectivity index (χ0) is 14.5. The van der Waals surface area contributed by atoms with Gasteiger partial charge in [0, 0.05) is 33.9 Å². The standard InChI is InChI=1S/C13H13BrN2O3S/c1-19-12-3-9(2-11(5-12)16(17)18)6-15-7-13-4-10(14)8-20-13/h2-5,8,15H,6-7H2,1H3. The Labute approximate surface area is 128 Å². The summed E-state index contributed by atoms with van der Waals surface area (Å²) >= 11 is 5.06. The van der Waals surface area contributed by atoms with E-state index in [1.807, 2.05) is 11.4 Å². The molecular formula is C13H13BrN2O3S. The molecule has 7 heteroatoms. The number of methoxy groups -OCH3 is 1. The fraction of sp³-hybridized carbons (Fsp3) is 0.231. The maximum atomic E-state index is 10.8. The van der Waals surface area contributed by atoms with Gasteiger partial charge in [-0.3, -0.25) is 10.1 Å². The summed E-state index contributed by atoms with van der Waals surface area (Å²) in [6, 6.07) is 6.82. The smallest absolute Gasteiger partial charge is 0.273 e. The van der Waals surface area contributed by atoms with E-state index in [0.717, 1.165) is 16.6 Å². The Morgan fingerprint density at radius 2 is 2.15 bits per heavy atom. The Balaban J connectivity index is 2.01. The number of hydrogen-bond acceptors (Lipinski definition) is 5. The van der Waals surface area contributed by atoms with Gasteiger partial charge in [-0.2, -0.15) is 0 Å². The highest BCUT2D eigenvalue weighted by atomic mass is 79.9. The molecular weight excluding hydrogens is 344 g/mol. The van der Waals surface area contributed by atoms with Gasteiger partial charge >= 0.3 is 0 Å². The van der Waals surface area contributed by atoms with E-state index in [1.54, 1.807) is 23.5 Å². The van der Waals surface area contributed by atoms with E-state index >= 15 is 0 Å². The number of thiophene rings is 1. The first-order valence-corrected chi connectivity index (χ1v) is 7.51. The fourth-order valence-electron chi connectivity index (χ4n) is 1.75. The van der Waals surface area contributed by atoms with Crippen molar-refractivity contribution >= 4 is 33.0 Å². The Kier molecular flexibility index (Phi) is 5.11. The fourth-order valence-corrected chi connectivity index (χ4v) is 3.17. The number of nitrogens with one attached hydrogen (secondary N) is 1. The van der Waals surface area contributed by atoms with Crippen LogP contribution < -0.4 is 10.1 Å². The third-order valence-corrected chi connectivity index (χ3v) is 4.35. The topological polar surface area (TPSA) is 64.4 Å². The minimum absolute atomic E-state index is 0.0417. The summed E-state index contributed by atoms with van der Waals surface area (Å²) in [5, 5.41) is 16.1. The number of non-ortho nitro benzene ring substituents is 1. The molecule has 0 aliphatic heterocycles. The van der Waals surface area contributed by atoms with Crippen molar-refractivity contribution in [2.75, 3.05) is 7.11 Å². The predicted molar refractivity (Wildman–Crippen MR) is 82.2 cm³/mol. The molecule has 0 aliphatic carbocycles. The quantitative estimate of drug-likeness (QED) is 0.632. The number of benzene rings is 1. The van der Waals surface area contributed by atoms with Gasteiger partial charge in [-0.15, -0.1) is 11.3 Å². The van der Waals surface area contributed by atoms with Crippen molar-refractivity contribution in [2.45, 2.75) is 13.1 Å². The largest absolute Gasteiger partial charge is 0.496 e. The highest BCUT2D eigenvalue weighted by Gasteiger charge is 2.10. The van der Waals surface area contributed by atoms with E-state index in [2.05, 4.69) is 21.2 Å². The summed E-state index contributed by atoms with van der Waals surface area (Å²) in [5.41, 5.74) is 0.867. The summed E-state index contributed by atoms with van der Waals surface area (Å²) in [6.45, 7) is 1.27. The van der Waals surface area contributed by atoms with Crippen LogP contribution in [0.4, 0.5) is 5.69 Å². The second kappa shape index (κ2) is 6.83. The van der Waals surface area contributed by atoms with E-state index in [1.165, 1.54) is 18.1 Å². The minimum atomic E-state index is -0.414. The molecule has 0 bridgehead atoms. The van der Waals surface area contributed by atoms with Crippen molar-refractivity contribution in [3.63, 3.8) is 0 Å². The number of nitrogens with zero attached hydrogens (tertiary/aromatic N) is 1. The molecule has 1 N–H and O–H groups in total. The van der Waals surface area contributed by atoms with Gasteiger partial charge in [0.1, 0.15) is 5.75 Å². The molecule has 0 atom stereocenters. The zero-order valence-electron chi connectivity index (χ0n) is 10.8. The molecule has 0 fully saturated rings. The second-order valence-corrected chi connectivity index (χ2v) is 6.04.